The molecule has 16 heavy (non-hydrogen) atoms. The number of likely N-dealkylation sites (tertiary alicyclic amines) is 1. The molecule has 2 amide bonds. The molecule has 2 aliphatic rings. The second kappa shape index (κ2) is 5.05. The predicted molar refractivity (Wildman–Crippen MR) is 62.8 cm³/mol. The average molecular weight is 243 g/mol. The molecule has 5 nitrogen and oxygen atoms in total. The molecule has 0 aromatic heterocycles. The number of hydrogen-bond acceptors (Lipinski definition) is 4. The van der Waals surface area contributed by atoms with Gasteiger partial charge in [-0.1, -0.05) is 0 Å². The molecule has 0 aliphatic carbocycles. The number of nitrogens with two attached hydrogens (primary N) is 1. The molecular weight excluding hydrogens is 226 g/mol. The number of amides is 2. The molecule has 1 atom stereocenters. The van der Waals surface area contributed by atoms with Crippen molar-refractivity contribution in [3.63, 3.8) is 0 Å². The molecule has 0 aromatic carbocycles. The first-order valence-electron chi connectivity index (χ1n) is 5.55. The maximum Gasteiger partial charge on any atom is 0.242 e. The summed E-state index contributed by atoms with van der Waals surface area (Å²) in [5.74, 6) is 1.25. The van der Waals surface area contributed by atoms with Crippen LogP contribution in [0.5, 0.6) is 0 Å². The monoisotopic (exact) mass is 243 g/mol. The second-order valence-corrected chi connectivity index (χ2v) is 5.27. The molecule has 0 spiro atoms. The number of thioether (sulfide) groups is 1. The Hall–Kier alpha value is -0.750. The topological polar surface area (TPSA) is 66.6 Å². The minimum atomic E-state index is 0.0333. The standard InChI is InChI=1S/C10H17N3O2S/c11-8-2-1-3-12(4-8)9(14)5-13-7-16-6-10(13)15/h8H,1-7,11H2. The van der Waals surface area contributed by atoms with Gasteiger partial charge >= 0.3 is 0 Å². The van der Waals surface area contributed by atoms with Crippen LogP contribution in [0.15, 0.2) is 0 Å². The highest BCUT2D eigenvalue weighted by molar-refractivity contribution is 8.00. The van der Waals surface area contributed by atoms with Gasteiger partial charge in [0.2, 0.25) is 11.8 Å². The summed E-state index contributed by atoms with van der Waals surface area (Å²) in [5, 5.41) is 0. The van der Waals surface area contributed by atoms with Crippen molar-refractivity contribution in [2.75, 3.05) is 31.3 Å². The van der Waals surface area contributed by atoms with Gasteiger partial charge in [-0.15, -0.1) is 11.8 Å². The minimum Gasteiger partial charge on any atom is -0.340 e. The Balaban J connectivity index is 1.85. The lowest BCUT2D eigenvalue weighted by molar-refractivity contribution is -0.138. The normalized spacial score (nSPS) is 26.3. The number of piperidine rings is 1. The first-order valence-corrected chi connectivity index (χ1v) is 6.71. The molecule has 2 fully saturated rings. The minimum absolute atomic E-state index is 0.0333. The van der Waals surface area contributed by atoms with E-state index in [1.54, 1.807) is 21.6 Å². The van der Waals surface area contributed by atoms with E-state index in [2.05, 4.69) is 0 Å². The maximum atomic E-state index is 11.9. The van der Waals surface area contributed by atoms with Gasteiger partial charge in [-0.3, -0.25) is 9.59 Å². The summed E-state index contributed by atoms with van der Waals surface area (Å²) in [5.41, 5.74) is 5.82. The van der Waals surface area contributed by atoms with Gasteiger partial charge in [-0.25, -0.2) is 0 Å². The van der Waals surface area contributed by atoms with E-state index in [9.17, 15) is 9.59 Å². The molecule has 0 bridgehead atoms. The maximum absolute atomic E-state index is 11.9. The fraction of sp³-hybridized carbons (Fsp3) is 0.800. The van der Waals surface area contributed by atoms with Gasteiger partial charge in [0.15, 0.2) is 0 Å². The van der Waals surface area contributed by atoms with E-state index in [-0.39, 0.29) is 24.4 Å². The molecule has 2 N–H and O–H groups in total. The van der Waals surface area contributed by atoms with Gasteiger partial charge in [0.05, 0.1) is 11.6 Å². The molecule has 2 saturated heterocycles. The Morgan fingerprint density at radius 2 is 2.38 bits per heavy atom. The van der Waals surface area contributed by atoms with E-state index in [4.69, 9.17) is 5.73 Å². The van der Waals surface area contributed by atoms with E-state index in [0.717, 1.165) is 19.4 Å². The number of hydrogen-bond donors (Lipinski definition) is 1. The Kier molecular flexibility index (Phi) is 3.70. The zero-order valence-corrected chi connectivity index (χ0v) is 10.0. The van der Waals surface area contributed by atoms with Crippen LogP contribution in [-0.2, 0) is 9.59 Å². The molecule has 1 unspecified atom stereocenters. The van der Waals surface area contributed by atoms with Crippen LogP contribution in [0.25, 0.3) is 0 Å². The fourth-order valence-corrected chi connectivity index (χ4v) is 2.94. The smallest absolute Gasteiger partial charge is 0.242 e. The van der Waals surface area contributed by atoms with Crippen molar-refractivity contribution in [2.45, 2.75) is 18.9 Å². The van der Waals surface area contributed by atoms with E-state index in [1.807, 2.05) is 0 Å². The van der Waals surface area contributed by atoms with Crippen molar-refractivity contribution in [3.8, 4) is 0 Å². The molecule has 2 rings (SSSR count). The number of rotatable bonds is 2. The summed E-state index contributed by atoms with van der Waals surface area (Å²) in [4.78, 5) is 26.7. The highest BCUT2D eigenvalue weighted by Gasteiger charge is 2.27. The Morgan fingerprint density at radius 3 is 3.00 bits per heavy atom. The predicted octanol–water partition coefficient (Wildman–Crippen LogP) is -0.531. The van der Waals surface area contributed by atoms with Crippen molar-refractivity contribution in [2.24, 2.45) is 5.73 Å². The van der Waals surface area contributed by atoms with Crippen molar-refractivity contribution in [1.82, 2.24) is 9.80 Å². The van der Waals surface area contributed by atoms with Gasteiger partial charge < -0.3 is 15.5 Å². The Morgan fingerprint density at radius 1 is 1.56 bits per heavy atom. The SMILES string of the molecule is NC1CCCN(C(=O)CN2CSCC2=O)C1. The number of nitrogens with zero attached hydrogens (tertiary/aromatic N) is 2. The highest BCUT2D eigenvalue weighted by Crippen LogP contribution is 2.15. The zero-order valence-electron chi connectivity index (χ0n) is 9.22. The van der Waals surface area contributed by atoms with E-state index in [1.165, 1.54) is 0 Å². The third kappa shape index (κ3) is 2.68. The molecule has 2 heterocycles. The fourth-order valence-electron chi connectivity index (χ4n) is 2.04. The van der Waals surface area contributed by atoms with Gasteiger partial charge in [0.1, 0.15) is 6.54 Å². The van der Waals surface area contributed by atoms with Gasteiger partial charge in [-0.05, 0) is 12.8 Å². The lowest BCUT2D eigenvalue weighted by Crippen LogP contribution is -2.49. The van der Waals surface area contributed by atoms with Crippen LogP contribution in [0.4, 0.5) is 0 Å². The summed E-state index contributed by atoms with van der Waals surface area (Å²) in [6, 6.07) is 0.0985. The highest BCUT2D eigenvalue weighted by atomic mass is 32.2. The summed E-state index contributed by atoms with van der Waals surface area (Å²) >= 11 is 1.56. The van der Waals surface area contributed by atoms with Crippen LogP contribution in [-0.4, -0.2) is 58.9 Å². The third-order valence-electron chi connectivity index (χ3n) is 2.96. The Labute approximate surface area is 99.3 Å². The molecule has 6 heteroatoms. The van der Waals surface area contributed by atoms with Gasteiger partial charge in [-0.2, -0.15) is 0 Å². The largest absolute Gasteiger partial charge is 0.340 e. The molecule has 0 aromatic rings. The van der Waals surface area contributed by atoms with Crippen LogP contribution in [0.2, 0.25) is 0 Å². The number of carbonyl (C=O) groups excluding carboxylic acids is 2. The lowest BCUT2D eigenvalue weighted by atomic mass is 10.1. The van der Waals surface area contributed by atoms with E-state index >= 15 is 0 Å². The first-order chi connectivity index (χ1) is 7.66. The van der Waals surface area contributed by atoms with Crippen molar-refractivity contribution >= 4 is 23.6 Å². The quantitative estimate of drug-likeness (QED) is 0.708. The lowest BCUT2D eigenvalue weighted by Gasteiger charge is -2.31. The van der Waals surface area contributed by atoms with Crippen molar-refractivity contribution in [1.29, 1.82) is 0 Å². The van der Waals surface area contributed by atoms with Crippen molar-refractivity contribution in [3.05, 3.63) is 0 Å². The molecular formula is C10H17N3O2S. The summed E-state index contributed by atoms with van der Waals surface area (Å²) < 4.78 is 0. The van der Waals surface area contributed by atoms with Crippen LogP contribution >= 0.6 is 11.8 Å². The Bertz CT molecular complexity index is 298. The van der Waals surface area contributed by atoms with Crippen molar-refractivity contribution < 1.29 is 9.59 Å². The molecule has 0 saturated carbocycles. The first kappa shape index (κ1) is 11.7. The summed E-state index contributed by atoms with van der Waals surface area (Å²) in [6.07, 6.45) is 1.96. The van der Waals surface area contributed by atoms with Gasteiger partial charge in [0, 0.05) is 19.1 Å². The molecule has 0 radical (unpaired) electrons. The summed E-state index contributed by atoms with van der Waals surface area (Å²) in [6.45, 7) is 1.63. The average Bonchev–Trinajstić information content (AvgIpc) is 2.64. The van der Waals surface area contributed by atoms with E-state index in [0.29, 0.717) is 18.2 Å². The van der Waals surface area contributed by atoms with Crippen LogP contribution < -0.4 is 5.73 Å². The second-order valence-electron chi connectivity index (χ2n) is 4.31. The molecule has 90 valence electrons. The van der Waals surface area contributed by atoms with Crippen LogP contribution in [0.3, 0.4) is 0 Å². The number of carbonyl (C=O) groups is 2. The van der Waals surface area contributed by atoms with Gasteiger partial charge in [0.25, 0.3) is 0 Å². The third-order valence-corrected chi connectivity index (χ3v) is 3.91. The van der Waals surface area contributed by atoms with Crippen LogP contribution in [0.1, 0.15) is 12.8 Å². The van der Waals surface area contributed by atoms with Crippen LogP contribution in [0, 0.1) is 0 Å². The zero-order chi connectivity index (χ0) is 11.5. The van der Waals surface area contributed by atoms with E-state index < -0.39 is 0 Å². The molecule has 2 aliphatic heterocycles. The summed E-state index contributed by atoms with van der Waals surface area (Å²) in [7, 11) is 0.